The van der Waals surface area contributed by atoms with Crippen LogP contribution in [0.15, 0.2) is 0 Å². The van der Waals surface area contributed by atoms with Gasteiger partial charge in [0, 0.05) is 49.2 Å². The summed E-state index contributed by atoms with van der Waals surface area (Å²) in [4.78, 5) is 2.59. The van der Waals surface area contributed by atoms with Gasteiger partial charge in [-0.25, -0.2) is 0 Å². The molecule has 0 aromatic heterocycles. The van der Waals surface area contributed by atoms with Crippen LogP contribution in [-0.2, 0) is 4.74 Å². The van der Waals surface area contributed by atoms with Crippen molar-refractivity contribution in [3.8, 4) is 0 Å². The van der Waals surface area contributed by atoms with E-state index in [1.54, 1.807) is 0 Å². The second kappa shape index (κ2) is 6.78. The monoisotopic (exact) mass is 348 g/mol. The number of nitrogens with zero attached hydrogens (tertiary/aromatic N) is 1. The highest BCUT2D eigenvalue weighted by Crippen LogP contribution is 2.60. The molecule has 0 bridgehead atoms. The number of likely N-dealkylation sites (tertiary alicyclic amines) is 1. The van der Waals surface area contributed by atoms with E-state index in [9.17, 15) is 5.11 Å². The Balaban J connectivity index is 1.18. The zero-order valence-corrected chi connectivity index (χ0v) is 15.7. The predicted molar refractivity (Wildman–Crippen MR) is 98.5 cm³/mol. The first-order valence-corrected chi connectivity index (χ1v) is 11.1. The van der Waals surface area contributed by atoms with Crippen molar-refractivity contribution in [1.29, 1.82) is 0 Å². The molecule has 2 aliphatic heterocycles. The molecule has 5 aliphatic rings. The summed E-state index contributed by atoms with van der Waals surface area (Å²) in [6.45, 7) is 3.33. The van der Waals surface area contributed by atoms with Gasteiger partial charge in [0.15, 0.2) is 0 Å². The van der Waals surface area contributed by atoms with Gasteiger partial charge in [-0.3, -0.25) is 4.90 Å². The Hall–Kier alpha value is -0.160. The van der Waals surface area contributed by atoms with Crippen LogP contribution in [-0.4, -0.2) is 60.0 Å². The SMILES string of the molecule is OC1CCCCC1N1CCC(NC2C3CCOC3C23CCCC3)CC1. The molecule has 25 heavy (non-hydrogen) atoms. The van der Waals surface area contributed by atoms with Crippen LogP contribution in [0.1, 0.15) is 70.6 Å². The third-order valence-corrected chi connectivity index (χ3v) is 8.39. The maximum atomic E-state index is 10.4. The first kappa shape index (κ1) is 17.0. The minimum atomic E-state index is -0.0805. The molecule has 3 saturated carbocycles. The third-order valence-electron chi connectivity index (χ3n) is 8.39. The van der Waals surface area contributed by atoms with Gasteiger partial charge in [-0.05, 0) is 44.9 Å². The highest BCUT2D eigenvalue weighted by molar-refractivity contribution is 5.17. The Morgan fingerprint density at radius 2 is 1.68 bits per heavy atom. The number of rotatable bonds is 3. The fourth-order valence-electron chi connectivity index (χ4n) is 7.11. The molecule has 0 aromatic rings. The number of aliphatic hydroxyl groups excluding tert-OH is 1. The van der Waals surface area contributed by atoms with E-state index >= 15 is 0 Å². The largest absolute Gasteiger partial charge is 0.391 e. The average Bonchev–Trinajstić information content (AvgIpc) is 3.30. The van der Waals surface area contributed by atoms with Gasteiger partial charge in [-0.15, -0.1) is 0 Å². The lowest BCUT2D eigenvalue weighted by molar-refractivity contribution is -0.134. The Kier molecular flexibility index (Phi) is 4.60. The lowest BCUT2D eigenvalue weighted by Crippen LogP contribution is -2.69. The zero-order chi connectivity index (χ0) is 16.9. The summed E-state index contributed by atoms with van der Waals surface area (Å²) in [5, 5.41) is 14.5. The molecule has 0 radical (unpaired) electrons. The lowest BCUT2D eigenvalue weighted by Gasteiger charge is -2.58. The number of hydrogen-bond acceptors (Lipinski definition) is 4. The van der Waals surface area contributed by atoms with E-state index in [1.165, 1.54) is 77.3 Å². The Morgan fingerprint density at radius 1 is 0.920 bits per heavy atom. The average molecular weight is 349 g/mol. The molecule has 0 aromatic carbocycles. The van der Waals surface area contributed by atoms with E-state index in [0.717, 1.165) is 25.0 Å². The molecule has 1 spiro atoms. The Bertz CT molecular complexity index is 471. The summed E-state index contributed by atoms with van der Waals surface area (Å²) in [6.07, 6.45) is 14.6. The number of nitrogens with one attached hydrogen (secondary N) is 1. The first-order chi connectivity index (χ1) is 12.3. The number of piperidine rings is 1. The Labute approximate surface area is 152 Å². The minimum absolute atomic E-state index is 0.0805. The van der Waals surface area contributed by atoms with E-state index in [-0.39, 0.29) is 6.10 Å². The predicted octanol–water partition coefficient (Wildman–Crippen LogP) is 2.69. The van der Waals surface area contributed by atoms with Gasteiger partial charge < -0.3 is 15.2 Å². The third kappa shape index (κ3) is 2.79. The van der Waals surface area contributed by atoms with Crippen molar-refractivity contribution < 1.29 is 9.84 Å². The van der Waals surface area contributed by atoms with Crippen LogP contribution in [0.4, 0.5) is 0 Å². The normalized spacial score (nSPS) is 44.8. The van der Waals surface area contributed by atoms with Crippen molar-refractivity contribution in [3.63, 3.8) is 0 Å². The van der Waals surface area contributed by atoms with E-state index in [1.807, 2.05) is 0 Å². The molecule has 5 fully saturated rings. The van der Waals surface area contributed by atoms with E-state index in [0.29, 0.717) is 23.6 Å². The zero-order valence-electron chi connectivity index (χ0n) is 15.7. The molecule has 2 saturated heterocycles. The van der Waals surface area contributed by atoms with Crippen molar-refractivity contribution in [1.82, 2.24) is 10.2 Å². The van der Waals surface area contributed by atoms with Crippen molar-refractivity contribution >= 4 is 0 Å². The fraction of sp³-hybridized carbons (Fsp3) is 1.00. The smallest absolute Gasteiger partial charge is 0.0695 e. The topological polar surface area (TPSA) is 44.7 Å². The summed E-state index contributed by atoms with van der Waals surface area (Å²) in [7, 11) is 0. The number of hydrogen-bond donors (Lipinski definition) is 2. The van der Waals surface area contributed by atoms with Crippen LogP contribution in [0, 0.1) is 11.3 Å². The summed E-state index contributed by atoms with van der Waals surface area (Å²) >= 11 is 0. The molecule has 142 valence electrons. The molecule has 0 amide bonds. The highest BCUT2D eigenvalue weighted by Gasteiger charge is 2.64. The highest BCUT2D eigenvalue weighted by atomic mass is 16.5. The van der Waals surface area contributed by atoms with Gasteiger partial charge in [0.1, 0.15) is 0 Å². The van der Waals surface area contributed by atoms with Crippen molar-refractivity contribution in [2.24, 2.45) is 11.3 Å². The van der Waals surface area contributed by atoms with Gasteiger partial charge in [-0.1, -0.05) is 25.7 Å². The van der Waals surface area contributed by atoms with Crippen LogP contribution < -0.4 is 5.32 Å². The fourth-order valence-corrected chi connectivity index (χ4v) is 7.11. The van der Waals surface area contributed by atoms with E-state index in [2.05, 4.69) is 10.2 Å². The summed E-state index contributed by atoms with van der Waals surface area (Å²) in [5.41, 5.74) is 0.484. The molecule has 3 aliphatic carbocycles. The van der Waals surface area contributed by atoms with Crippen LogP contribution in [0.3, 0.4) is 0 Å². The maximum absolute atomic E-state index is 10.4. The number of ether oxygens (including phenoxy) is 1. The summed E-state index contributed by atoms with van der Waals surface area (Å²) in [6, 6.07) is 1.84. The van der Waals surface area contributed by atoms with Crippen molar-refractivity contribution in [3.05, 3.63) is 0 Å². The van der Waals surface area contributed by atoms with Gasteiger partial charge in [0.2, 0.25) is 0 Å². The number of fused-ring (bicyclic) bond motifs is 2. The molecular formula is C21H36N2O2. The second-order valence-electron chi connectivity index (χ2n) is 9.56. The molecule has 2 N–H and O–H groups in total. The first-order valence-electron chi connectivity index (χ1n) is 11.1. The van der Waals surface area contributed by atoms with Crippen molar-refractivity contribution in [2.75, 3.05) is 19.7 Å². The van der Waals surface area contributed by atoms with Crippen LogP contribution in [0.5, 0.6) is 0 Å². The molecule has 5 rings (SSSR count). The van der Waals surface area contributed by atoms with Gasteiger partial charge in [0.25, 0.3) is 0 Å². The quantitative estimate of drug-likeness (QED) is 0.823. The van der Waals surface area contributed by atoms with Crippen LogP contribution in [0.25, 0.3) is 0 Å². The lowest BCUT2D eigenvalue weighted by atomic mass is 9.54. The van der Waals surface area contributed by atoms with Crippen LogP contribution >= 0.6 is 0 Å². The maximum Gasteiger partial charge on any atom is 0.0695 e. The minimum Gasteiger partial charge on any atom is -0.391 e. The molecule has 4 nitrogen and oxygen atoms in total. The molecule has 2 heterocycles. The standard InChI is InChI=1S/C21H36N2O2/c24-18-6-2-1-5-17(18)23-12-7-15(8-13-23)22-19-16-9-14-25-20(16)21(19)10-3-4-11-21/h15-20,22,24H,1-14H2. The van der Waals surface area contributed by atoms with Gasteiger partial charge in [0.05, 0.1) is 12.2 Å². The molecule has 5 atom stereocenters. The van der Waals surface area contributed by atoms with Gasteiger partial charge >= 0.3 is 0 Å². The molecule has 5 unspecified atom stereocenters. The van der Waals surface area contributed by atoms with Gasteiger partial charge in [-0.2, -0.15) is 0 Å². The van der Waals surface area contributed by atoms with E-state index < -0.39 is 0 Å². The summed E-state index contributed by atoms with van der Waals surface area (Å²) in [5.74, 6) is 0.788. The number of aliphatic hydroxyl groups is 1. The van der Waals surface area contributed by atoms with E-state index in [4.69, 9.17) is 4.74 Å². The molecule has 4 heteroatoms. The Morgan fingerprint density at radius 3 is 2.44 bits per heavy atom. The summed E-state index contributed by atoms with van der Waals surface area (Å²) < 4.78 is 6.14. The molecular weight excluding hydrogens is 312 g/mol. The second-order valence-corrected chi connectivity index (χ2v) is 9.56. The van der Waals surface area contributed by atoms with Crippen LogP contribution in [0.2, 0.25) is 0 Å². The van der Waals surface area contributed by atoms with Crippen molar-refractivity contribution in [2.45, 2.75) is 101 Å².